The fourth-order valence-electron chi connectivity index (χ4n) is 4.20. The lowest BCUT2D eigenvalue weighted by atomic mass is 9.95. The Hall–Kier alpha value is -1.75. The summed E-state index contributed by atoms with van der Waals surface area (Å²) in [5, 5.41) is 4.74. The van der Waals surface area contributed by atoms with Crippen molar-refractivity contribution in [2.45, 2.75) is 70.5 Å². The van der Waals surface area contributed by atoms with Crippen molar-refractivity contribution in [2.24, 2.45) is 0 Å². The molecule has 1 fully saturated rings. The van der Waals surface area contributed by atoms with Crippen LogP contribution in [0.5, 0.6) is 0 Å². The van der Waals surface area contributed by atoms with Crippen molar-refractivity contribution in [1.29, 1.82) is 0 Å². The molecule has 172 valence electrons. The second-order valence-corrected chi connectivity index (χ2v) is 9.54. The number of amides is 2. The highest BCUT2D eigenvalue weighted by atomic mass is 35.5. The predicted molar refractivity (Wildman–Crippen MR) is 131 cm³/mol. The van der Waals surface area contributed by atoms with Gasteiger partial charge in [0.25, 0.3) is 0 Å². The largest absolute Gasteiger partial charge is 0.352 e. The summed E-state index contributed by atoms with van der Waals surface area (Å²) in [6, 6.07) is 12.0. The van der Waals surface area contributed by atoms with E-state index in [2.05, 4.69) is 5.32 Å². The first-order valence-corrected chi connectivity index (χ1v) is 12.3. The first-order chi connectivity index (χ1) is 15.4. The molecule has 0 unspecified atom stereocenters. The molecule has 1 aliphatic rings. The minimum absolute atomic E-state index is 0.118. The van der Waals surface area contributed by atoms with Crippen LogP contribution in [0, 0.1) is 0 Å². The van der Waals surface area contributed by atoms with E-state index in [-0.39, 0.29) is 30.8 Å². The molecule has 2 aromatic rings. The lowest BCUT2D eigenvalue weighted by Gasteiger charge is -2.33. The number of nitrogens with one attached hydrogen (secondary N) is 1. The molecule has 4 nitrogen and oxygen atoms in total. The number of rotatable bonds is 8. The molecule has 0 bridgehead atoms. The zero-order chi connectivity index (χ0) is 23.1. The quantitative estimate of drug-likeness (QED) is 0.458. The summed E-state index contributed by atoms with van der Waals surface area (Å²) < 4.78 is 0. The normalized spacial score (nSPS) is 15.2. The molecule has 32 heavy (non-hydrogen) atoms. The SMILES string of the molecule is CC[C@H](C(=O)NC1CCCCC1)N(Cc1c(Cl)cccc1Cl)C(=O)Cc1ccc(Cl)cc1. The van der Waals surface area contributed by atoms with E-state index in [4.69, 9.17) is 34.8 Å². The number of hydrogen-bond acceptors (Lipinski definition) is 2. The van der Waals surface area contributed by atoms with Crippen LogP contribution in [0.4, 0.5) is 0 Å². The van der Waals surface area contributed by atoms with E-state index in [0.29, 0.717) is 27.1 Å². The molecular weight excluding hydrogens is 467 g/mol. The Morgan fingerprint density at radius 3 is 2.22 bits per heavy atom. The van der Waals surface area contributed by atoms with Gasteiger partial charge in [-0.2, -0.15) is 0 Å². The number of hydrogen-bond donors (Lipinski definition) is 1. The fourth-order valence-corrected chi connectivity index (χ4v) is 4.84. The lowest BCUT2D eigenvalue weighted by molar-refractivity contribution is -0.141. The van der Waals surface area contributed by atoms with E-state index in [1.165, 1.54) is 6.42 Å². The van der Waals surface area contributed by atoms with Gasteiger partial charge in [0.2, 0.25) is 11.8 Å². The van der Waals surface area contributed by atoms with E-state index in [1.807, 2.05) is 19.1 Å². The second kappa shape index (κ2) is 11.9. The molecule has 1 atom stereocenters. The van der Waals surface area contributed by atoms with Gasteiger partial charge in [-0.1, -0.05) is 79.2 Å². The van der Waals surface area contributed by atoms with Gasteiger partial charge in [-0.05, 0) is 49.1 Å². The summed E-state index contributed by atoms with van der Waals surface area (Å²) >= 11 is 18.8. The fraction of sp³-hybridized carbons (Fsp3) is 0.440. The van der Waals surface area contributed by atoms with Crippen molar-refractivity contribution in [3.05, 3.63) is 68.7 Å². The molecule has 1 N–H and O–H groups in total. The van der Waals surface area contributed by atoms with Crippen LogP contribution in [0.25, 0.3) is 0 Å². The Labute approximate surface area is 205 Å². The van der Waals surface area contributed by atoms with Gasteiger partial charge in [-0.25, -0.2) is 0 Å². The molecule has 2 amide bonds. The highest BCUT2D eigenvalue weighted by Gasteiger charge is 2.31. The number of benzene rings is 2. The smallest absolute Gasteiger partial charge is 0.243 e. The Morgan fingerprint density at radius 1 is 1.00 bits per heavy atom. The molecule has 1 aliphatic carbocycles. The summed E-state index contributed by atoms with van der Waals surface area (Å²) in [6.45, 7) is 2.09. The van der Waals surface area contributed by atoms with Gasteiger partial charge in [0.05, 0.1) is 6.42 Å². The van der Waals surface area contributed by atoms with E-state index in [0.717, 1.165) is 31.2 Å². The minimum atomic E-state index is -0.607. The molecular formula is C25H29Cl3N2O2. The number of carbonyl (C=O) groups is 2. The van der Waals surface area contributed by atoms with Crippen molar-refractivity contribution in [3.63, 3.8) is 0 Å². The van der Waals surface area contributed by atoms with Crippen LogP contribution in [0.2, 0.25) is 15.1 Å². The first kappa shape index (κ1) is 24.9. The number of nitrogens with zero attached hydrogens (tertiary/aromatic N) is 1. The summed E-state index contributed by atoms with van der Waals surface area (Å²) in [7, 11) is 0. The van der Waals surface area contributed by atoms with Gasteiger partial charge in [-0.3, -0.25) is 9.59 Å². The zero-order valence-corrected chi connectivity index (χ0v) is 20.5. The van der Waals surface area contributed by atoms with E-state index >= 15 is 0 Å². The van der Waals surface area contributed by atoms with Crippen LogP contribution in [-0.4, -0.2) is 28.8 Å². The summed E-state index contributed by atoms with van der Waals surface area (Å²) in [4.78, 5) is 28.3. The lowest BCUT2D eigenvalue weighted by Crippen LogP contribution is -2.52. The maximum atomic E-state index is 13.4. The predicted octanol–water partition coefficient (Wildman–Crippen LogP) is 6.45. The molecule has 7 heteroatoms. The standard InChI is InChI=1S/C25H29Cl3N2O2/c1-2-23(25(32)29-19-7-4-3-5-8-19)30(16-20-21(27)9-6-10-22(20)28)24(31)15-17-11-13-18(26)14-12-17/h6,9-14,19,23H,2-5,7-8,15-16H2,1H3,(H,29,32)/t23-/m1/s1. The summed E-state index contributed by atoms with van der Waals surface area (Å²) in [5.41, 5.74) is 1.47. The molecule has 1 saturated carbocycles. The van der Waals surface area contributed by atoms with Crippen LogP contribution in [0.3, 0.4) is 0 Å². The molecule has 0 aromatic heterocycles. The van der Waals surface area contributed by atoms with Crippen LogP contribution < -0.4 is 5.32 Å². The first-order valence-electron chi connectivity index (χ1n) is 11.2. The molecule has 0 radical (unpaired) electrons. The topological polar surface area (TPSA) is 49.4 Å². The third-order valence-corrected chi connectivity index (χ3v) is 6.96. The highest BCUT2D eigenvalue weighted by Crippen LogP contribution is 2.28. The third-order valence-electron chi connectivity index (χ3n) is 6.00. The number of halogens is 3. The highest BCUT2D eigenvalue weighted by molar-refractivity contribution is 6.36. The van der Waals surface area contributed by atoms with E-state index in [1.54, 1.807) is 35.2 Å². The average Bonchev–Trinajstić information content (AvgIpc) is 2.77. The van der Waals surface area contributed by atoms with Crippen molar-refractivity contribution in [1.82, 2.24) is 10.2 Å². The molecule has 0 spiro atoms. The van der Waals surface area contributed by atoms with Crippen LogP contribution in [-0.2, 0) is 22.6 Å². The second-order valence-electron chi connectivity index (χ2n) is 8.29. The third kappa shape index (κ3) is 6.63. The van der Waals surface area contributed by atoms with Crippen LogP contribution in [0.1, 0.15) is 56.6 Å². The van der Waals surface area contributed by atoms with E-state index < -0.39 is 6.04 Å². The van der Waals surface area contributed by atoms with Gasteiger partial charge in [0.15, 0.2) is 0 Å². The van der Waals surface area contributed by atoms with Gasteiger partial charge < -0.3 is 10.2 Å². The monoisotopic (exact) mass is 494 g/mol. The van der Waals surface area contributed by atoms with Crippen molar-refractivity contribution >= 4 is 46.6 Å². The minimum Gasteiger partial charge on any atom is -0.352 e. The van der Waals surface area contributed by atoms with Gasteiger partial charge in [0.1, 0.15) is 6.04 Å². The Bertz CT molecular complexity index is 907. The Morgan fingerprint density at radius 2 is 1.62 bits per heavy atom. The average molecular weight is 496 g/mol. The maximum Gasteiger partial charge on any atom is 0.243 e. The molecule has 0 saturated heterocycles. The maximum absolute atomic E-state index is 13.4. The zero-order valence-electron chi connectivity index (χ0n) is 18.3. The molecule has 2 aromatic carbocycles. The van der Waals surface area contributed by atoms with Crippen molar-refractivity contribution < 1.29 is 9.59 Å². The summed E-state index contributed by atoms with van der Waals surface area (Å²) in [5.74, 6) is -0.277. The number of carbonyl (C=O) groups excluding carboxylic acids is 2. The Balaban J connectivity index is 1.85. The van der Waals surface area contributed by atoms with Crippen molar-refractivity contribution in [2.75, 3.05) is 0 Å². The van der Waals surface area contributed by atoms with E-state index in [9.17, 15) is 9.59 Å². The van der Waals surface area contributed by atoms with Gasteiger partial charge >= 0.3 is 0 Å². The van der Waals surface area contributed by atoms with Gasteiger partial charge in [0, 0.05) is 33.2 Å². The van der Waals surface area contributed by atoms with Gasteiger partial charge in [-0.15, -0.1) is 0 Å². The molecule has 3 rings (SSSR count). The van der Waals surface area contributed by atoms with Crippen LogP contribution >= 0.6 is 34.8 Å². The van der Waals surface area contributed by atoms with Crippen molar-refractivity contribution in [3.8, 4) is 0 Å². The molecule has 0 heterocycles. The Kier molecular flexibility index (Phi) is 9.27. The van der Waals surface area contributed by atoms with Crippen LogP contribution in [0.15, 0.2) is 42.5 Å². The summed E-state index contributed by atoms with van der Waals surface area (Å²) in [6.07, 6.45) is 6.07. The molecule has 0 aliphatic heterocycles.